The van der Waals surface area contributed by atoms with Crippen LogP contribution in [-0.2, 0) is 34.1 Å². The molecule has 2 bridgehead atoms. The van der Waals surface area contributed by atoms with Gasteiger partial charge >= 0.3 is 5.97 Å². The van der Waals surface area contributed by atoms with Crippen LogP contribution in [0.5, 0.6) is 5.75 Å². The van der Waals surface area contributed by atoms with Gasteiger partial charge in [0.05, 0.1) is 19.3 Å². The fraction of sp³-hybridized carbons (Fsp3) is 0.667. The Hall–Kier alpha value is -3.06. The number of hydroxylamine groups is 2. The number of carbonyl (C=O) groups excluding carboxylic acids is 1. The summed E-state index contributed by atoms with van der Waals surface area (Å²) < 4.78 is 5.70. The molecular weight excluding hydrogens is 672 g/mol. The van der Waals surface area contributed by atoms with Crippen LogP contribution < -0.4 is 10.1 Å². The number of fused-ring (bicyclic) bond motifs is 2. The summed E-state index contributed by atoms with van der Waals surface area (Å²) in [6.45, 7) is 14.7. The molecule has 2 aromatic rings. The Morgan fingerprint density at radius 1 is 1.06 bits per heavy atom. The lowest BCUT2D eigenvalue weighted by Gasteiger charge is -2.62. The summed E-state index contributed by atoms with van der Waals surface area (Å²) in [6, 6.07) is 15.4. The van der Waals surface area contributed by atoms with Crippen molar-refractivity contribution in [2.45, 2.75) is 111 Å². The molecule has 3 aliphatic carbocycles. The van der Waals surface area contributed by atoms with Gasteiger partial charge in [-0.05, 0) is 86.6 Å². The molecule has 1 amide bonds. The zero-order valence-electron chi connectivity index (χ0n) is 33.1. The van der Waals surface area contributed by atoms with Crippen LogP contribution in [0.3, 0.4) is 0 Å². The van der Waals surface area contributed by atoms with Crippen LogP contribution in [0.25, 0.3) is 0 Å². The number of aliphatic hydroxyl groups excluding tert-OH is 2. The molecule has 6 rings (SSSR count). The molecule has 0 aromatic heterocycles. The van der Waals surface area contributed by atoms with Crippen LogP contribution >= 0.6 is 0 Å². The summed E-state index contributed by atoms with van der Waals surface area (Å²) in [4.78, 5) is 36.4. The summed E-state index contributed by atoms with van der Waals surface area (Å²) in [6.07, 6.45) is 1.57. The van der Waals surface area contributed by atoms with Gasteiger partial charge in [-0.15, -0.1) is 0 Å². The van der Waals surface area contributed by atoms with Crippen LogP contribution in [0.2, 0.25) is 0 Å². The van der Waals surface area contributed by atoms with Gasteiger partial charge in [0.1, 0.15) is 17.9 Å². The van der Waals surface area contributed by atoms with Gasteiger partial charge in [-0.1, -0.05) is 77.1 Å². The third kappa shape index (κ3) is 9.79. The minimum absolute atomic E-state index is 0.0684. The normalized spacial score (nSPS) is 27.8. The minimum Gasteiger partial charge on any atom is -0.482 e. The molecule has 11 nitrogen and oxygen atoms in total. The SMILES string of the molecule is CC(C)C[C@@H](CN(C)C)N(Cc1cccc(CN2O[C@@H](CO)[C@@H]([C@H](C)O)[C@H]2C(=O)N[C@H]2C[C@H]3C[C@@H]([C@@H]2C)C3(C)C)c1)Cc1ccccc1OCC(=O)O. The highest BCUT2D eigenvalue weighted by Gasteiger charge is 2.57. The highest BCUT2D eigenvalue weighted by atomic mass is 16.7. The smallest absolute Gasteiger partial charge is 0.341 e. The number of rotatable bonds is 18. The van der Waals surface area contributed by atoms with Crippen LogP contribution in [0, 0.1) is 35.0 Å². The molecular formula is C42H64N4O7. The number of ether oxygens (including phenoxy) is 1. The number of carboxylic acid groups (broad SMARTS) is 1. The average molecular weight is 737 g/mol. The second-order valence-corrected chi connectivity index (χ2v) is 17.3. The number of aliphatic hydroxyl groups is 2. The van der Waals surface area contributed by atoms with Crippen LogP contribution in [0.15, 0.2) is 48.5 Å². The van der Waals surface area contributed by atoms with Gasteiger partial charge in [-0.3, -0.25) is 14.5 Å². The van der Waals surface area contributed by atoms with Gasteiger partial charge in [0.2, 0.25) is 5.91 Å². The lowest BCUT2D eigenvalue weighted by molar-refractivity contribution is -0.183. The Balaban J connectivity index is 1.38. The average Bonchev–Trinajstić information content (AvgIpc) is 3.46. The summed E-state index contributed by atoms with van der Waals surface area (Å²) >= 11 is 0. The summed E-state index contributed by atoms with van der Waals surface area (Å²) in [5.41, 5.74) is 3.26. The highest BCUT2D eigenvalue weighted by molar-refractivity contribution is 5.82. The summed E-state index contributed by atoms with van der Waals surface area (Å²) in [5.74, 6) is 0.776. The number of hydrogen-bond donors (Lipinski definition) is 4. The lowest BCUT2D eigenvalue weighted by Crippen LogP contribution is -2.62. The van der Waals surface area contributed by atoms with Crippen molar-refractivity contribution in [2.24, 2.45) is 35.0 Å². The minimum atomic E-state index is -1.02. The Morgan fingerprint density at radius 2 is 1.77 bits per heavy atom. The number of amides is 1. The summed E-state index contributed by atoms with van der Waals surface area (Å²) in [7, 11) is 4.16. The first-order chi connectivity index (χ1) is 25.1. The van der Waals surface area contributed by atoms with Crippen molar-refractivity contribution in [3.63, 3.8) is 0 Å². The van der Waals surface area contributed by atoms with E-state index in [9.17, 15) is 24.9 Å². The molecule has 1 aliphatic heterocycles. The first kappa shape index (κ1) is 41.1. The standard InChI is InChI=1S/C42H64N4O7/c1-26(2)16-33(23-44(7)8)45(22-31-14-9-10-15-36(31)52-25-38(49)50)20-29-12-11-13-30(17-29)21-46-40(39(28(4)48)37(24-47)53-46)41(51)43-35-19-32-18-34(27(35)3)42(32,5)6/h9-15,17,26-28,32-35,37,39-40,47-48H,16,18-25H2,1-8H3,(H,43,51)(H,49,50)/t27-,28-,32+,33-,34-,35-,37-,39+,40-/m0/s1. The number of nitrogens with one attached hydrogen (secondary N) is 1. The molecule has 4 fully saturated rings. The third-order valence-corrected chi connectivity index (χ3v) is 12.3. The van der Waals surface area contributed by atoms with E-state index in [1.165, 1.54) is 6.42 Å². The second-order valence-electron chi connectivity index (χ2n) is 17.3. The molecule has 3 saturated carbocycles. The van der Waals surface area contributed by atoms with Gasteiger partial charge < -0.3 is 30.3 Å². The Labute approximate surface area is 316 Å². The predicted octanol–water partition coefficient (Wildman–Crippen LogP) is 4.79. The third-order valence-electron chi connectivity index (χ3n) is 12.3. The fourth-order valence-electron chi connectivity index (χ4n) is 9.48. The van der Waals surface area contributed by atoms with E-state index < -0.39 is 36.7 Å². The number of benzene rings is 2. The molecule has 9 atom stereocenters. The van der Waals surface area contributed by atoms with Crippen molar-refractivity contribution in [3.8, 4) is 5.75 Å². The molecule has 0 unspecified atom stereocenters. The summed E-state index contributed by atoms with van der Waals surface area (Å²) in [5, 5.41) is 35.5. The maximum absolute atomic E-state index is 14.2. The molecule has 0 spiro atoms. The maximum Gasteiger partial charge on any atom is 0.341 e. The Kier molecular flexibility index (Phi) is 13.7. The van der Waals surface area contributed by atoms with Crippen LogP contribution in [0.4, 0.5) is 0 Å². The molecule has 4 aliphatic rings. The zero-order valence-corrected chi connectivity index (χ0v) is 33.1. The van der Waals surface area contributed by atoms with Crippen molar-refractivity contribution >= 4 is 11.9 Å². The molecule has 0 radical (unpaired) electrons. The first-order valence-corrected chi connectivity index (χ1v) is 19.5. The van der Waals surface area contributed by atoms with E-state index in [2.05, 4.69) is 76.0 Å². The van der Waals surface area contributed by atoms with Crippen molar-refractivity contribution in [2.75, 3.05) is 33.9 Å². The monoisotopic (exact) mass is 736 g/mol. The Bertz CT molecular complexity index is 1520. The number of hydrogen-bond acceptors (Lipinski definition) is 9. The van der Waals surface area contributed by atoms with E-state index in [1.54, 1.807) is 12.0 Å². The van der Waals surface area contributed by atoms with Gasteiger partial charge in [-0.2, -0.15) is 5.06 Å². The molecule has 2 aromatic carbocycles. The first-order valence-electron chi connectivity index (χ1n) is 19.5. The van der Waals surface area contributed by atoms with E-state index in [4.69, 9.17) is 9.57 Å². The number of carbonyl (C=O) groups is 2. The molecule has 1 heterocycles. The van der Waals surface area contributed by atoms with Crippen LogP contribution in [0.1, 0.15) is 77.5 Å². The number of likely N-dealkylation sites (N-methyl/N-ethyl adjacent to an activating group) is 1. The van der Waals surface area contributed by atoms with E-state index in [1.807, 2.05) is 36.4 Å². The van der Waals surface area contributed by atoms with Crippen molar-refractivity contribution in [1.29, 1.82) is 0 Å². The van der Waals surface area contributed by atoms with E-state index in [-0.39, 0.29) is 24.6 Å². The number of carboxylic acids is 1. The van der Waals surface area contributed by atoms with Crippen molar-refractivity contribution in [3.05, 3.63) is 65.2 Å². The molecule has 4 N–H and O–H groups in total. The van der Waals surface area contributed by atoms with Gasteiger partial charge in [-0.25, -0.2) is 4.79 Å². The van der Waals surface area contributed by atoms with E-state index in [0.717, 1.165) is 36.1 Å². The van der Waals surface area contributed by atoms with E-state index in [0.29, 0.717) is 54.5 Å². The molecule has 294 valence electrons. The lowest BCUT2D eigenvalue weighted by atomic mass is 9.45. The predicted molar refractivity (Wildman–Crippen MR) is 205 cm³/mol. The Morgan fingerprint density at radius 3 is 2.40 bits per heavy atom. The zero-order chi connectivity index (χ0) is 38.6. The van der Waals surface area contributed by atoms with Crippen molar-refractivity contribution < 1.29 is 34.5 Å². The number of aliphatic carboxylic acids is 1. The van der Waals surface area contributed by atoms with Gasteiger partial charge in [0.25, 0.3) is 0 Å². The fourth-order valence-corrected chi connectivity index (χ4v) is 9.48. The van der Waals surface area contributed by atoms with E-state index >= 15 is 0 Å². The molecule has 1 saturated heterocycles. The molecule has 11 heteroatoms. The van der Waals surface area contributed by atoms with Crippen molar-refractivity contribution in [1.82, 2.24) is 20.2 Å². The highest BCUT2D eigenvalue weighted by Crippen LogP contribution is 2.61. The number of nitrogens with zero attached hydrogens (tertiary/aromatic N) is 3. The van der Waals surface area contributed by atoms with Gasteiger partial charge in [0.15, 0.2) is 6.61 Å². The molecule has 53 heavy (non-hydrogen) atoms. The quantitative estimate of drug-likeness (QED) is 0.169. The topological polar surface area (TPSA) is 135 Å². The maximum atomic E-state index is 14.2. The van der Waals surface area contributed by atoms with Gasteiger partial charge in [0, 0.05) is 43.2 Å². The second kappa shape index (κ2) is 17.6. The van der Waals surface area contributed by atoms with Crippen LogP contribution in [-0.4, -0.2) is 106 Å². The largest absolute Gasteiger partial charge is 0.482 e. The number of para-hydroxylation sites is 1.